The minimum Gasteiger partial charge on any atom is -0.455 e. The van der Waals surface area contributed by atoms with Gasteiger partial charge in [-0.25, -0.2) is 0 Å². The molecule has 0 atom stereocenters. The highest BCUT2D eigenvalue weighted by Gasteiger charge is 2.15. The molecular weight excluding hydrogens is 384 g/mol. The number of furan rings is 1. The molecule has 0 fully saturated rings. The number of amides is 1. The molecule has 1 aromatic heterocycles. The van der Waals surface area contributed by atoms with Crippen LogP contribution in [0.3, 0.4) is 0 Å². The fourth-order valence-electron chi connectivity index (χ4n) is 2.82. The van der Waals surface area contributed by atoms with Crippen molar-refractivity contribution in [1.29, 1.82) is 0 Å². The first-order valence-electron chi connectivity index (χ1n) is 9.08. The van der Waals surface area contributed by atoms with Crippen molar-refractivity contribution in [1.82, 2.24) is 0 Å². The number of benzene rings is 3. The van der Waals surface area contributed by atoms with Crippen molar-refractivity contribution in [3.05, 3.63) is 107 Å². The first kappa shape index (κ1) is 18.9. The largest absolute Gasteiger partial charge is 0.455 e. The number of nitro groups is 1. The first-order valence-corrected chi connectivity index (χ1v) is 9.08. The standard InChI is InChI=1S/C23H16N2O5/c26-23(22-15-14-20(30-22)16-10-12-17(13-11-16)25(27)28)24-19-8-4-5-9-21(19)29-18-6-2-1-3-7-18/h1-15H,(H,24,26). The lowest BCUT2D eigenvalue weighted by atomic mass is 10.1. The van der Waals surface area contributed by atoms with Crippen molar-refractivity contribution in [3.63, 3.8) is 0 Å². The van der Waals surface area contributed by atoms with Gasteiger partial charge in [-0.15, -0.1) is 0 Å². The van der Waals surface area contributed by atoms with Gasteiger partial charge in [-0.3, -0.25) is 14.9 Å². The molecule has 0 aliphatic rings. The zero-order valence-corrected chi connectivity index (χ0v) is 15.6. The highest BCUT2D eigenvalue weighted by molar-refractivity contribution is 6.03. The van der Waals surface area contributed by atoms with Gasteiger partial charge in [-0.2, -0.15) is 0 Å². The smallest absolute Gasteiger partial charge is 0.291 e. The lowest BCUT2D eigenvalue weighted by Crippen LogP contribution is -2.11. The van der Waals surface area contributed by atoms with Crippen LogP contribution >= 0.6 is 0 Å². The number of rotatable bonds is 6. The zero-order valence-electron chi connectivity index (χ0n) is 15.6. The summed E-state index contributed by atoms with van der Waals surface area (Å²) >= 11 is 0. The van der Waals surface area contributed by atoms with Crippen molar-refractivity contribution in [2.24, 2.45) is 0 Å². The summed E-state index contributed by atoms with van der Waals surface area (Å²) < 4.78 is 11.5. The second-order valence-electron chi connectivity index (χ2n) is 6.33. The van der Waals surface area contributed by atoms with E-state index in [1.807, 2.05) is 36.4 Å². The number of nitrogens with zero attached hydrogens (tertiary/aromatic N) is 1. The summed E-state index contributed by atoms with van der Waals surface area (Å²) in [6.45, 7) is 0. The molecule has 30 heavy (non-hydrogen) atoms. The summed E-state index contributed by atoms with van der Waals surface area (Å²) in [5.74, 6) is 1.26. The number of para-hydroxylation sites is 3. The maximum atomic E-state index is 12.7. The van der Waals surface area contributed by atoms with Crippen LogP contribution in [0.25, 0.3) is 11.3 Å². The summed E-state index contributed by atoms with van der Waals surface area (Å²) in [6.07, 6.45) is 0. The molecule has 0 aliphatic heterocycles. The van der Waals surface area contributed by atoms with Crippen LogP contribution in [0.1, 0.15) is 10.6 Å². The summed E-state index contributed by atoms with van der Waals surface area (Å²) in [5.41, 5.74) is 1.12. The zero-order chi connectivity index (χ0) is 20.9. The van der Waals surface area contributed by atoms with Crippen molar-refractivity contribution in [2.45, 2.75) is 0 Å². The molecule has 1 heterocycles. The van der Waals surface area contributed by atoms with Gasteiger partial charge in [-0.1, -0.05) is 30.3 Å². The number of hydrogen-bond acceptors (Lipinski definition) is 5. The Labute approximate surface area is 171 Å². The van der Waals surface area contributed by atoms with Crippen LogP contribution in [0.15, 0.2) is 95.4 Å². The predicted octanol–water partition coefficient (Wildman–Crippen LogP) is 5.90. The van der Waals surface area contributed by atoms with Gasteiger partial charge in [0.1, 0.15) is 11.5 Å². The molecular formula is C23H16N2O5. The molecule has 3 aromatic carbocycles. The Balaban J connectivity index is 1.51. The van der Waals surface area contributed by atoms with E-state index in [-0.39, 0.29) is 11.4 Å². The van der Waals surface area contributed by atoms with Crippen LogP contribution in [0.2, 0.25) is 0 Å². The highest BCUT2D eigenvalue weighted by atomic mass is 16.6. The van der Waals surface area contributed by atoms with Crippen LogP contribution in [0, 0.1) is 10.1 Å². The van der Waals surface area contributed by atoms with E-state index >= 15 is 0 Å². The maximum absolute atomic E-state index is 12.7. The Morgan fingerprint density at radius 3 is 2.30 bits per heavy atom. The summed E-state index contributed by atoms with van der Waals surface area (Å²) in [7, 11) is 0. The third-order valence-electron chi connectivity index (χ3n) is 4.30. The number of non-ortho nitro benzene ring substituents is 1. The second kappa shape index (κ2) is 8.32. The van der Waals surface area contributed by atoms with Gasteiger partial charge >= 0.3 is 0 Å². The fraction of sp³-hybridized carbons (Fsp3) is 0. The second-order valence-corrected chi connectivity index (χ2v) is 6.33. The van der Waals surface area contributed by atoms with Gasteiger partial charge in [0.25, 0.3) is 11.6 Å². The van der Waals surface area contributed by atoms with Gasteiger partial charge in [0.15, 0.2) is 11.5 Å². The molecule has 0 radical (unpaired) electrons. The minimum absolute atomic E-state index is 0.0155. The molecule has 7 heteroatoms. The molecule has 0 saturated carbocycles. The Bertz CT molecular complexity index is 1180. The Hall–Kier alpha value is -4.39. The molecule has 1 amide bonds. The Kier molecular flexibility index (Phi) is 5.25. The van der Waals surface area contributed by atoms with E-state index in [4.69, 9.17) is 9.15 Å². The van der Waals surface area contributed by atoms with Crippen molar-refractivity contribution in [2.75, 3.05) is 5.32 Å². The number of carbonyl (C=O) groups excluding carboxylic acids is 1. The third-order valence-corrected chi connectivity index (χ3v) is 4.30. The molecule has 4 aromatic rings. The number of ether oxygens (including phenoxy) is 1. The van der Waals surface area contributed by atoms with E-state index in [0.717, 1.165) is 0 Å². The number of nitro benzene ring substituents is 1. The van der Waals surface area contributed by atoms with Crippen LogP contribution in [0.4, 0.5) is 11.4 Å². The molecule has 0 unspecified atom stereocenters. The number of anilines is 1. The molecule has 148 valence electrons. The van der Waals surface area contributed by atoms with Gasteiger partial charge in [-0.05, 0) is 48.5 Å². The van der Waals surface area contributed by atoms with Gasteiger partial charge in [0, 0.05) is 17.7 Å². The predicted molar refractivity (Wildman–Crippen MR) is 112 cm³/mol. The average molecular weight is 400 g/mol. The minimum atomic E-state index is -0.472. The fourth-order valence-corrected chi connectivity index (χ4v) is 2.82. The van der Waals surface area contributed by atoms with Crippen molar-refractivity contribution in [3.8, 4) is 22.8 Å². The van der Waals surface area contributed by atoms with E-state index in [1.165, 1.54) is 12.1 Å². The topological polar surface area (TPSA) is 94.6 Å². The van der Waals surface area contributed by atoms with E-state index < -0.39 is 10.8 Å². The summed E-state index contributed by atoms with van der Waals surface area (Å²) in [4.78, 5) is 23.0. The molecule has 0 bridgehead atoms. The Morgan fingerprint density at radius 2 is 1.57 bits per heavy atom. The van der Waals surface area contributed by atoms with E-state index in [1.54, 1.807) is 42.5 Å². The molecule has 0 spiro atoms. The van der Waals surface area contributed by atoms with Gasteiger partial charge in [0.2, 0.25) is 0 Å². The van der Waals surface area contributed by atoms with Crippen LogP contribution < -0.4 is 10.1 Å². The third kappa shape index (κ3) is 4.20. The SMILES string of the molecule is O=C(Nc1ccccc1Oc1ccccc1)c1ccc(-c2ccc([N+](=O)[O-])cc2)o1. The molecule has 7 nitrogen and oxygen atoms in total. The number of carbonyl (C=O) groups is 1. The molecule has 4 rings (SSSR count). The van der Waals surface area contributed by atoms with Crippen LogP contribution in [-0.4, -0.2) is 10.8 Å². The highest BCUT2D eigenvalue weighted by Crippen LogP contribution is 2.30. The van der Waals surface area contributed by atoms with Crippen molar-refractivity contribution < 1.29 is 18.9 Å². The Morgan fingerprint density at radius 1 is 0.867 bits per heavy atom. The normalized spacial score (nSPS) is 10.4. The van der Waals surface area contributed by atoms with Gasteiger partial charge in [0.05, 0.1) is 10.6 Å². The molecule has 0 aliphatic carbocycles. The van der Waals surface area contributed by atoms with Crippen LogP contribution in [-0.2, 0) is 0 Å². The maximum Gasteiger partial charge on any atom is 0.291 e. The van der Waals surface area contributed by atoms with E-state index in [0.29, 0.717) is 28.5 Å². The van der Waals surface area contributed by atoms with E-state index in [2.05, 4.69) is 5.32 Å². The number of nitrogens with one attached hydrogen (secondary N) is 1. The average Bonchev–Trinajstić information content (AvgIpc) is 3.26. The van der Waals surface area contributed by atoms with Crippen molar-refractivity contribution >= 4 is 17.3 Å². The quantitative estimate of drug-likeness (QED) is 0.321. The van der Waals surface area contributed by atoms with Crippen LogP contribution in [0.5, 0.6) is 11.5 Å². The molecule has 0 saturated heterocycles. The summed E-state index contributed by atoms with van der Waals surface area (Å²) in [6, 6.07) is 25.4. The first-order chi connectivity index (χ1) is 14.6. The van der Waals surface area contributed by atoms with Gasteiger partial charge < -0.3 is 14.5 Å². The lowest BCUT2D eigenvalue weighted by molar-refractivity contribution is -0.384. The summed E-state index contributed by atoms with van der Waals surface area (Å²) in [5, 5.41) is 13.6. The lowest BCUT2D eigenvalue weighted by Gasteiger charge is -2.11. The number of hydrogen-bond donors (Lipinski definition) is 1. The monoisotopic (exact) mass is 400 g/mol. The molecule has 1 N–H and O–H groups in total. The van der Waals surface area contributed by atoms with E-state index in [9.17, 15) is 14.9 Å².